The maximum atomic E-state index is 14.2. The Kier molecular flexibility index (Phi) is 6.59. The van der Waals surface area contributed by atoms with Crippen LogP contribution in [-0.4, -0.2) is 29.1 Å². The molecule has 0 aliphatic rings. The van der Waals surface area contributed by atoms with Gasteiger partial charge in [0.15, 0.2) is 0 Å². The fraction of sp³-hybridized carbons (Fsp3) is 0.174. The van der Waals surface area contributed by atoms with Crippen LogP contribution in [0.1, 0.15) is 34.1 Å². The molecule has 0 saturated heterocycles. The summed E-state index contributed by atoms with van der Waals surface area (Å²) in [5.74, 6) is -2.63. The number of benzene rings is 2. The summed E-state index contributed by atoms with van der Waals surface area (Å²) in [6.07, 6.45) is -0.515. The normalized spacial score (nSPS) is 11.6. The highest BCUT2D eigenvalue weighted by Gasteiger charge is 2.23. The van der Waals surface area contributed by atoms with Crippen molar-refractivity contribution in [2.75, 3.05) is 7.11 Å². The van der Waals surface area contributed by atoms with Crippen LogP contribution >= 0.6 is 0 Å². The van der Waals surface area contributed by atoms with E-state index in [9.17, 15) is 23.5 Å². The van der Waals surface area contributed by atoms with Crippen LogP contribution in [0.3, 0.4) is 0 Å². The maximum absolute atomic E-state index is 14.2. The summed E-state index contributed by atoms with van der Waals surface area (Å²) in [7, 11) is 1.43. The van der Waals surface area contributed by atoms with E-state index in [4.69, 9.17) is 4.74 Å². The van der Waals surface area contributed by atoms with Gasteiger partial charge >= 0.3 is 5.97 Å². The zero-order chi connectivity index (χ0) is 22.5. The van der Waals surface area contributed by atoms with Crippen LogP contribution in [0, 0.1) is 18.6 Å². The molecule has 6 nitrogen and oxygen atoms in total. The molecule has 0 saturated carbocycles. The number of amides is 1. The van der Waals surface area contributed by atoms with Crippen LogP contribution in [-0.2, 0) is 4.79 Å². The second kappa shape index (κ2) is 9.34. The zero-order valence-electron chi connectivity index (χ0n) is 16.9. The molecule has 2 N–H and O–H groups in total. The van der Waals surface area contributed by atoms with Crippen molar-refractivity contribution in [3.05, 3.63) is 83.1 Å². The lowest BCUT2D eigenvalue weighted by atomic mass is 10.0. The number of pyridine rings is 1. The standard InChI is InChI=1S/C23H20F2N2O4/c1-13-14(7-5-9-16(13)24)22-20(31-2)11-10-18(26-22)23(30)27-19(12-21(28)29)15-6-3-4-8-17(15)25/h3-11,19H,12H2,1-2H3,(H,27,30)(H,28,29). The van der Waals surface area contributed by atoms with Gasteiger partial charge in [0.05, 0.1) is 19.6 Å². The van der Waals surface area contributed by atoms with E-state index in [-0.39, 0.29) is 17.0 Å². The first kappa shape index (κ1) is 21.9. The van der Waals surface area contributed by atoms with E-state index in [1.165, 1.54) is 49.6 Å². The number of aliphatic carboxylic acids is 1. The summed E-state index contributed by atoms with van der Waals surface area (Å²) in [4.78, 5) is 28.4. The molecule has 0 aliphatic carbocycles. The van der Waals surface area contributed by atoms with Gasteiger partial charge < -0.3 is 15.2 Å². The molecule has 0 bridgehead atoms. The first-order valence-corrected chi connectivity index (χ1v) is 9.39. The van der Waals surface area contributed by atoms with E-state index in [0.717, 1.165) is 0 Å². The lowest BCUT2D eigenvalue weighted by Gasteiger charge is -2.18. The Balaban J connectivity index is 1.98. The molecule has 8 heteroatoms. The second-order valence-corrected chi connectivity index (χ2v) is 6.81. The first-order valence-electron chi connectivity index (χ1n) is 9.39. The largest absolute Gasteiger partial charge is 0.494 e. The molecule has 0 fully saturated rings. The minimum Gasteiger partial charge on any atom is -0.494 e. The molecule has 1 atom stereocenters. The Morgan fingerprint density at radius 2 is 1.77 bits per heavy atom. The number of carboxylic acids is 1. The average Bonchev–Trinajstić information content (AvgIpc) is 2.74. The Morgan fingerprint density at radius 1 is 1.06 bits per heavy atom. The van der Waals surface area contributed by atoms with Gasteiger partial charge in [-0.15, -0.1) is 0 Å². The van der Waals surface area contributed by atoms with Crippen molar-refractivity contribution in [1.82, 2.24) is 10.3 Å². The van der Waals surface area contributed by atoms with E-state index in [1.54, 1.807) is 19.1 Å². The molecule has 0 aliphatic heterocycles. The summed E-state index contributed by atoms with van der Waals surface area (Å²) in [6.45, 7) is 1.58. The van der Waals surface area contributed by atoms with Gasteiger partial charge in [0.2, 0.25) is 0 Å². The monoisotopic (exact) mass is 426 g/mol. The number of nitrogens with zero attached hydrogens (tertiary/aromatic N) is 1. The fourth-order valence-electron chi connectivity index (χ4n) is 3.20. The number of halogens is 2. The third-order valence-electron chi connectivity index (χ3n) is 4.80. The van der Waals surface area contributed by atoms with Crippen LogP contribution in [0.25, 0.3) is 11.3 Å². The summed E-state index contributed by atoms with van der Waals surface area (Å²) < 4.78 is 33.5. The molecule has 1 amide bonds. The van der Waals surface area contributed by atoms with Gasteiger partial charge in [-0.3, -0.25) is 9.59 Å². The molecule has 1 heterocycles. The van der Waals surface area contributed by atoms with Crippen molar-refractivity contribution in [3.8, 4) is 17.0 Å². The fourth-order valence-corrected chi connectivity index (χ4v) is 3.20. The smallest absolute Gasteiger partial charge is 0.305 e. The molecule has 160 valence electrons. The van der Waals surface area contributed by atoms with Gasteiger partial charge in [0.25, 0.3) is 5.91 Å². The van der Waals surface area contributed by atoms with Crippen LogP contribution in [0.4, 0.5) is 8.78 Å². The second-order valence-electron chi connectivity index (χ2n) is 6.81. The number of hydrogen-bond acceptors (Lipinski definition) is 4. The van der Waals surface area contributed by atoms with E-state index >= 15 is 0 Å². The molecule has 1 aromatic heterocycles. The Bertz CT molecular complexity index is 1130. The highest BCUT2D eigenvalue weighted by molar-refractivity contribution is 5.94. The molecular formula is C23H20F2N2O4. The van der Waals surface area contributed by atoms with Crippen molar-refractivity contribution in [1.29, 1.82) is 0 Å². The van der Waals surface area contributed by atoms with Gasteiger partial charge in [-0.1, -0.05) is 30.3 Å². The van der Waals surface area contributed by atoms with Crippen molar-refractivity contribution in [2.24, 2.45) is 0 Å². The number of hydrogen-bond donors (Lipinski definition) is 2. The maximum Gasteiger partial charge on any atom is 0.305 e. The third kappa shape index (κ3) is 4.85. The number of carboxylic acid groups (broad SMARTS) is 1. The first-order chi connectivity index (χ1) is 14.8. The lowest BCUT2D eigenvalue weighted by Crippen LogP contribution is -2.31. The van der Waals surface area contributed by atoms with Crippen molar-refractivity contribution >= 4 is 11.9 Å². The highest BCUT2D eigenvalue weighted by atomic mass is 19.1. The number of aromatic nitrogens is 1. The number of carbonyl (C=O) groups excluding carboxylic acids is 1. The van der Waals surface area contributed by atoms with Crippen LogP contribution in [0.5, 0.6) is 5.75 Å². The SMILES string of the molecule is COc1ccc(C(=O)NC(CC(=O)O)c2ccccc2F)nc1-c1cccc(F)c1C. The van der Waals surface area contributed by atoms with Crippen molar-refractivity contribution < 1.29 is 28.2 Å². The van der Waals surface area contributed by atoms with E-state index < -0.39 is 36.0 Å². The number of methoxy groups -OCH3 is 1. The van der Waals surface area contributed by atoms with Gasteiger partial charge in [0, 0.05) is 11.1 Å². The number of nitrogens with one attached hydrogen (secondary N) is 1. The summed E-state index contributed by atoms with van der Waals surface area (Å²) >= 11 is 0. The molecule has 2 aromatic carbocycles. The number of ether oxygens (including phenoxy) is 1. The molecule has 0 radical (unpaired) electrons. The van der Waals surface area contributed by atoms with Gasteiger partial charge in [-0.2, -0.15) is 0 Å². The summed E-state index contributed by atoms with van der Waals surface area (Å²) in [6, 6.07) is 11.9. The predicted octanol–water partition coefficient (Wildman–Crippen LogP) is 4.29. The predicted molar refractivity (Wildman–Crippen MR) is 110 cm³/mol. The molecule has 3 aromatic rings. The number of rotatable bonds is 7. The highest BCUT2D eigenvalue weighted by Crippen LogP contribution is 2.32. The van der Waals surface area contributed by atoms with Crippen molar-refractivity contribution in [3.63, 3.8) is 0 Å². The van der Waals surface area contributed by atoms with Crippen molar-refractivity contribution in [2.45, 2.75) is 19.4 Å². The molecule has 1 unspecified atom stereocenters. The summed E-state index contributed by atoms with van der Waals surface area (Å²) in [5.41, 5.74) is 1.04. The Morgan fingerprint density at radius 3 is 2.45 bits per heavy atom. The quantitative estimate of drug-likeness (QED) is 0.588. The van der Waals surface area contributed by atoms with Crippen LogP contribution in [0.2, 0.25) is 0 Å². The minimum atomic E-state index is -1.20. The summed E-state index contributed by atoms with van der Waals surface area (Å²) in [5, 5.41) is 11.7. The van der Waals surface area contributed by atoms with E-state index in [0.29, 0.717) is 16.9 Å². The average molecular weight is 426 g/mol. The molecular weight excluding hydrogens is 406 g/mol. The van der Waals surface area contributed by atoms with Gasteiger partial charge in [-0.25, -0.2) is 13.8 Å². The Hall–Kier alpha value is -3.81. The molecule has 0 spiro atoms. The van der Waals surface area contributed by atoms with Crippen LogP contribution < -0.4 is 10.1 Å². The number of carbonyl (C=O) groups is 2. The third-order valence-corrected chi connectivity index (χ3v) is 4.80. The molecule has 3 rings (SSSR count). The lowest BCUT2D eigenvalue weighted by molar-refractivity contribution is -0.137. The van der Waals surface area contributed by atoms with E-state index in [1.807, 2.05) is 0 Å². The molecule has 31 heavy (non-hydrogen) atoms. The van der Waals surface area contributed by atoms with E-state index in [2.05, 4.69) is 10.3 Å². The topological polar surface area (TPSA) is 88.5 Å². The van der Waals surface area contributed by atoms with Gasteiger partial charge in [0.1, 0.15) is 28.8 Å². The van der Waals surface area contributed by atoms with Gasteiger partial charge in [-0.05, 0) is 36.8 Å². The Labute approximate surface area is 177 Å². The van der Waals surface area contributed by atoms with Crippen LogP contribution in [0.15, 0.2) is 54.6 Å². The zero-order valence-corrected chi connectivity index (χ0v) is 16.9. The minimum absolute atomic E-state index is 0.0490.